The number of aliphatic hydroxyl groups excluding tert-OH is 1. The highest BCUT2D eigenvalue weighted by Gasteiger charge is 2.46. The summed E-state index contributed by atoms with van der Waals surface area (Å²) in [4.78, 5) is 35.5. The third kappa shape index (κ3) is 5.70. The Kier molecular flexibility index (Phi) is 9.47. The molecule has 40 heavy (non-hydrogen) atoms. The fraction of sp³-hybridized carbons (Fsp3) is 0.452. The summed E-state index contributed by atoms with van der Waals surface area (Å²) in [7, 11) is 0. The first-order valence-corrected chi connectivity index (χ1v) is 14.2. The lowest BCUT2D eigenvalue weighted by Crippen LogP contribution is -2.33. The predicted molar refractivity (Wildman–Crippen MR) is 155 cm³/mol. The topological polar surface area (TPSA) is 96.6 Å². The number of imidazole rings is 1. The van der Waals surface area contributed by atoms with Crippen LogP contribution < -0.4 is 9.47 Å². The van der Waals surface area contributed by atoms with Crippen LogP contribution in [0.4, 0.5) is 0 Å². The lowest BCUT2D eigenvalue weighted by atomic mass is 9.95. The summed E-state index contributed by atoms with van der Waals surface area (Å²) in [6, 6.07) is 10.2. The van der Waals surface area contributed by atoms with Crippen LogP contribution in [0.1, 0.15) is 63.5 Å². The Labute approximate surface area is 236 Å². The SMILES string of the molecule is CCCOc1ccc(C2C(=C(O)c3c(C)nc4ccccn34)C(=O)C(=O)N2CCCN(CC)CC)cc1OCC. The zero-order valence-electron chi connectivity index (χ0n) is 24.1. The van der Waals surface area contributed by atoms with Gasteiger partial charge in [0, 0.05) is 12.7 Å². The molecule has 1 aliphatic heterocycles. The molecular formula is C31H40N4O5. The van der Waals surface area contributed by atoms with E-state index in [0.29, 0.717) is 60.3 Å². The summed E-state index contributed by atoms with van der Waals surface area (Å²) in [5, 5.41) is 11.7. The number of carbonyl (C=O) groups excluding carboxylic acids is 2. The van der Waals surface area contributed by atoms with Crippen LogP contribution in [0, 0.1) is 6.92 Å². The van der Waals surface area contributed by atoms with E-state index < -0.39 is 17.7 Å². The normalized spacial score (nSPS) is 16.9. The highest BCUT2D eigenvalue weighted by Crippen LogP contribution is 2.42. The third-order valence-electron chi connectivity index (χ3n) is 7.28. The van der Waals surface area contributed by atoms with Crippen LogP contribution in [0.15, 0.2) is 48.2 Å². The number of pyridine rings is 1. The standard InChI is InChI=1S/C31H40N4O5/c1-6-19-40-23-15-14-22(20-24(23)39-9-4)28-26(29(36)27-21(5)32-25-13-10-11-17-34(25)27)30(37)31(38)35(28)18-12-16-33(7-2)8-3/h10-11,13-15,17,20,28,36H,6-9,12,16,18-19H2,1-5H3. The number of aliphatic hydroxyl groups is 1. The number of aryl methyl sites for hydroxylation is 1. The highest BCUT2D eigenvalue weighted by molar-refractivity contribution is 6.46. The van der Waals surface area contributed by atoms with E-state index in [1.807, 2.05) is 50.2 Å². The zero-order chi connectivity index (χ0) is 28.8. The van der Waals surface area contributed by atoms with E-state index in [0.717, 1.165) is 26.1 Å². The van der Waals surface area contributed by atoms with Gasteiger partial charge in [-0.2, -0.15) is 0 Å². The predicted octanol–water partition coefficient (Wildman–Crippen LogP) is 4.98. The van der Waals surface area contributed by atoms with Crippen molar-refractivity contribution < 1.29 is 24.2 Å². The quantitative estimate of drug-likeness (QED) is 0.183. The largest absolute Gasteiger partial charge is 0.505 e. The monoisotopic (exact) mass is 548 g/mol. The van der Waals surface area contributed by atoms with Gasteiger partial charge in [-0.05, 0) is 76.2 Å². The van der Waals surface area contributed by atoms with Crippen LogP contribution in [-0.2, 0) is 9.59 Å². The van der Waals surface area contributed by atoms with Crippen molar-refractivity contribution in [2.75, 3.05) is 39.4 Å². The molecule has 0 bridgehead atoms. The van der Waals surface area contributed by atoms with Gasteiger partial charge in [0.1, 0.15) is 11.3 Å². The van der Waals surface area contributed by atoms with Crippen molar-refractivity contribution in [2.45, 2.75) is 53.5 Å². The molecule has 1 amide bonds. The van der Waals surface area contributed by atoms with E-state index in [9.17, 15) is 14.7 Å². The number of likely N-dealkylation sites (tertiary alicyclic amines) is 1. The lowest BCUT2D eigenvalue weighted by Gasteiger charge is -2.27. The number of hydrogen-bond donors (Lipinski definition) is 1. The van der Waals surface area contributed by atoms with Crippen LogP contribution in [0.5, 0.6) is 11.5 Å². The molecule has 214 valence electrons. The van der Waals surface area contributed by atoms with E-state index in [4.69, 9.17) is 9.47 Å². The number of fused-ring (bicyclic) bond motifs is 1. The number of Topliss-reactive ketones (excluding diaryl/α,β-unsaturated/α-hetero) is 1. The molecule has 1 saturated heterocycles. The molecule has 0 radical (unpaired) electrons. The summed E-state index contributed by atoms with van der Waals surface area (Å²) in [6.45, 7) is 13.8. The minimum atomic E-state index is -0.787. The van der Waals surface area contributed by atoms with Gasteiger partial charge in [0.15, 0.2) is 17.3 Å². The fourth-order valence-corrected chi connectivity index (χ4v) is 5.28. The smallest absolute Gasteiger partial charge is 0.295 e. The number of carbonyl (C=O) groups is 2. The van der Waals surface area contributed by atoms with Crippen molar-refractivity contribution >= 4 is 23.1 Å². The summed E-state index contributed by atoms with van der Waals surface area (Å²) in [5.74, 6) is -0.437. The first kappa shape index (κ1) is 29.1. The van der Waals surface area contributed by atoms with Gasteiger partial charge >= 0.3 is 0 Å². The van der Waals surface area contributed by atoms with E-state index in [1.54, 1.807) is 22.4 Å². The molecule has 9 nitrogen and oxygen atoms in total. The molecule has 4 rings (SSSR count). The molecule has 1 aliphatic rings. The minimum absolute atomic E-state index is 0.0475. The number of amides is 1. The molecule has 3 aromatic rings. The molecule has 1 aromatic carbocycles. The van der Waals surface area contributed by atoms with Gasteiger partial charge in [0.25, 0.3) is 11.7 Å². The number of ketones is 1. The van der Waals surface area contributed by atoms with Crippen molar-refractivity contribution in [3.63, 3.8) is 0 Å². The molecule has 0 saturated carbocycles. The number of aromatic nitrogens is 2. The first-order valence-electron chi connectivity index (χ1n) is 14.2. The van der Waals surface area contributed by atoms with E-state index in [1.165, 1.54) is 0 Å². The van der Waals surface area contributed by atoms with Crippen molar-refractivity contribution in [1.29, 1.82) is 0 Å². The summed E-state index contributed by atoms with van der Waals surface area (Å²) < 4.78 is 13.5. The maximum Gasteiger partial charge on any atom is 0.295 e. The number of rotatable bonds is 13. The first-order chi connectivity index (χ1) is 19.4. The summed E-state index contributed by atoms with van der Waals surface area (Å²) in [6.07, 6.45) is 3.32. The zero-order valence-corrected chi connectivity index (χ0v) is 24.1. The van der Waals surface area contributed by atoms with Crippen LogP contribution in [-0.4, -0.2) is 75.4 Å². The van der Waals surface area contributed by atoms with Crippen molar-refractivity contribution in [1.82, 2.24) is 19.2 Å². The third-order valence-corrected chi connectivity index (χ3v) is 7.28. The molecule has 1 N–H and O–H groups in total. The number of benzene rings is 1. The Morgan fingerprint density at radius 2 is 1.82 bits per heavy atom. The summed E-state index contributed by atoms with van der Waals surface area (Å²) >= 11 is 0. The lowest BCUT2D eigenvalue weighted by molar-refractivity contribution is -0.140. The average molecular weight is 549 g/mol. The Balaban J connectivity index is 1.85. The molecule has 9 heteroatoms. The van der Waals surface area contributed by atoms with E-state index in [-0.39, 0.29) is 11.3 Å². The van der Waals surface area contributed by atoms with Gasteiger partial charge in [0.05, 0.1) is 30.5 Å². The second-order valence-corrected chi connectivity index (χ2v) is 9.84. The molecule has 1 fully saturated rings. The molecular weight excluding hydrogens is 508 g/mol. The number of ether oxygens (including phenoxy) is 2. The van der Waals surface area contributed by atoms with Gasteiger partial charge in [-0.25, -0.2) is 4.98 Å². The van der Waals surface area contributed by atoms with E-state index in [2.05, 4.69) is 23.7 Å². The van der Waals surface area contributed by atoms with Gasteiger partial charge < -0.3 is 24.4 Å². The molecule has 0 aliphatic carbocycles. The van der Waals surface area contributed by atoms with Crippen molar-refractivity contribution in [2.24, 2.45) is 0 Å². The van der Waals surface area contributed by atoms with Crippen LogP contribution in [0.25, 0.3) is 11.4 Å². The van der Waals surface area contributed by atoms with Crippen LogP contribution in [0.2, 0.25) is 0 Å². The fourth-order valence-electron chi connectivity index (χ4n) is 5.28. The Bertz CT molecular complexity index is 1390. The maximum atomic E-state index is 13.6. The summed E-state index contributed by atoms with van der Waals surface area (Å²) in [5.41, 5.74) is 2.32. The van der Waals surface area contributed by atoms with Crippen LogP contribution in [0.3, 0.4) is 0 Å². The second kappa shape index (κ2) is 13.0. The van der Waals surface area contributed by atoms with Gasteiger partial charge in [0.2, 0.25) is 0 Å². The van der Waals surface area contributed by atoms with Crippen LogP contribution >= 0.6 is 0 Å². The molecule has 2 aromatic heterocycles. The number of nitrogens with zero attached hydrogens (tertiary/aromatic N) is 4. The van der Waals surface area contributed by atoms with Gasteiger partial charge in [-0.1, -0.05) is 32.9 Å². The Hall–Kier alpha value is -3.85. The van der Waals surface area contributed by atoms with Gasteiger partial charge in [-0.3, -0.25) is 14.0 Å². The second-order valence-electron chi connectivity index (χ2n) is 9.84. The Morgan fingerprint density at radius 3 is 2.52 bits per heavy atom. The molecule has 0 spiro atoms. The van der Waals surface area contributed by atoms with Crippen molar-refractivity contribution in [3.05, 3.63) is 65.1 Å². The molecule has 1 unspecified atom stereocenters. The maximum absolute atomic E-state index is 13.6. The Morgan fingerprint density at radius 1 is 1.05 bits per heavy atom. The van der Waals surface area contributed by atoms with Crippen molar-refractivity contribution in [3.8, 4) is 11.5 Å². The van der Waals surface area contributed by atoms with Gasteiger partial charge in [-0.15, -0.1) is 0 Å². The average Bonchev–Trinajstić information content (AvgIpc) is 3.42. The molecule has 3 heterocycles. The number of hydrogen-bond acceptors (Lipinski definition) is 7. The molecule has 1 atom stereocenters. The van der Waals surface area contributed by atoms with E-state index >= 15 is 0 Å². The highest BCUT2D eigenvalue weighted by atomic mass is 16.5. The minimum Gasteiger partial charge on any atom is -0.505 e.